The summed E-state index contributed by atoms with van der Waals surface area (Å²) >= 11 is 0. The van der Waals surface area contributed by atoms with Gasteiger partial charge in [0.25, 0.3) is 11.6 Å². The van der Waals surface area contributed by atoms with Crippen molar-refractivity contribution in [1.82, 2.24) is 15.2 Å². The van der Waals surface area contributed by atoms with Crippen molar-refractivity contribution in [2.45, 2.75) is 6.92 Å². The normalized spacial score (nSPS) is 10.2. The molecule has 0 aliphatic carbocycles. The zero-order chi connectivity index (χ0) is 14.0. The molecule has 9 heteroatoms. The lowest BCUT2D eigenvalue weighted by molar-refractivity contribution is -0.385. The number of hydrogen-bond acceptors (Lipinski definition) is 5. The molecule has 98 valence electrons. The van der Waals surface area contributed by atoms with E-state index in [0.717, 1.165) is 18.5 Å². The van der Waals surface area contributed by atoms with Gasteiger partial charge in [-0.3, -0.25) is 20.2 Å². The van der Waals surface area contributed by atoms with Crippen LogP contribution in [0.25, 0.3) is 0 Å². The number of non-ortho nitro benzene ring substituents is 1. The van der Waals surface area contributed by atoms with Gasteiger partial charge in [-0.1, -0.05) is 0 Å². The van der Waals surface area contributed by atoms with Crippen molar-refractivity contribution in [2.75, 3.05) is 5.32 Å². The Morgan fingerprint density at radius 1 is 1.53 bits per heavy atom. The summed E-state index contributed by atoms with van der Waals surface area (Å²) in [5.41, 5.74) is -0.776. The molecule has 1 aromatic heterocycles. The Hall–Kier alpha value is -2.84. The van der Waals surface area contributed by atoms with E-state index >= 15 is 0 Å². The first-order valence-electron chi connectivity index (χ1n) is 5.10. The van der Waals surface area contributed by atoms with Gasteiger partial charge in [0, 0.05) is 12.1 Å². The smallest absolute Gasteiger partial charge is 0.270 e. The summed E-state index contributed by atoms with van der Waals surface area (Å²) < 4.78 is 13.8. The van der Waals surface area contributed by atoms with E-state index in [1.54, 1.807) is 0 Å². The van der Waals surface area contributed by atoms with Crippen LogP contribution >= 0.6 is 0 Å². The van der Waals surface area contributed by atoms with Gasteiger partial charge in [-0.2, -0.15) is 10.1 Å². The molecule has 2 N–H and O–H groups in total. The molecule has 0 fully saturated rings. The maximum Gasteiger partial charge on any atom is 0.270 e. The van der Waals surface area contributed by atoms with Crippen molar-refractivity contribution < 1.29 is 14.1 Å². The third-order valence-electron chi connectivity index (χ3n) is 2.34. The predicted molar refractivity (Wildman–Crippen MR) is 62.1 cm³/mol. The molecule has 0 saturated heterocycles. The number of nitrogens with one attached hydrogen (secondary N) is 2. The molecule has 0 aliphatic heterocycles. The van der Waals surface area contributed by atoms with Crippen LogP contribution in [0.5, 0.6) is 0 Å². The third kappa shape index (κ3) is 2.54. The van der Waals surface area contributed by atoms with E-state index in [1.807, 2.05) is 0 Å². The Morgan fingerprint density at radius 3 is 2.84 bits per heavy atom. The minimum atomic E-state index is -0.846. The topological polar surface area (TPSA) is 114 Å². The number of H-pyrrole nitrogens is 1. The number of benzene rings is 1. The summed E-state index contributed by atoms with van der Waals surface area (Å²) in [4.78, 5) is 25.4. The molecule has 8 nitrogen and oxygen atoms in total. The van der Waals surface area contributed by atoms with E-state index in [2.05, 4.69) is 20.5 Å². The average Bonchev–Trinajstić information content (AvgIpc) is 2.84. The van der Waals surface area contributed by atoms with Gasteiger partial charge in [-0.15, -0.1) is 0 Å². The fourth-order valence-electron chi connectivity index (χ4n) is 1.46. The highest BCUT2D eigenvalue weighted by Gasteiger charge is 2.20. The monoisotopic (exact) mass is 265 g/mol. The van der Waals surface area contributed by atoms with Crippen molar-refractivity contribution in [3.05, 3.63) is 45.5 Å². The highest BCUT2D eigenvalue weighted by molar-refractivity contribution is 6.04. The first-order chi connectivity index (χ1) is 8.99. The highest BCUT2D eigenvalue weighted by Crippen LogP contribution is 2.21. The lowest BCUT2D eigenvalue weighted by atomic mass is 10.1. The number of hydrogen-bond donors (Lipinski definition) is 2. The van der Waals surface area contributed by atoms with Crippen LogP contribution in [0.15, 0.2) is 18.5 Å². The molecular weight excluding hydrogens is 257 g/mol. The number of rotatable bonds is 3. The summed E-state index contributed by atoms with van der Waals surface area (Å²) in [6.07, 6.45) is 1.16. The van der Waals surface area contributed by atoms with Crippen LogP contribution in [0.2, 0.25) is 0 Å². The zero-order valence-corrected chi connectivity index (χ0v) is 9.68. The van der Waals surface area contributed by atoms with Crippen molar-refractivity contribution in [3.8, 4) is 0 Å². The second-order valence-corrected chi connectivity index (χ2v) is 3.67. The molecule has 0 atom stereocenters. The molecule has 0 saturated carbocycles. The van der Waals surface area contributed by atoms with Crippen molar-refractivity contribution >= 4 is 17.5 Å². The van der Waals surface area contributed by atoms with Crippen LogP contribution in [-0.2, 0) is 0 Å². The van der Waals surface area contributed by atoms with Crippen molar-refractivity contribution in [3.63, 3.8) is 0 Å². The molecule has 19 heavy (non-hydrogen) atoms. The summed E-state index contributed by atoms with van der Waals surface area (Å²) in [6, 6.07) is 1.93. The molecule has 2 aromatic rings. The maximum atomic E-state index is 13.8. The lowest BCUT2D eigenvalue weighted by Crippen LogP contribution is -2.15. The number of nitro groups is 1. The molecular formula is C10H8FN5O3. The Balaban J connectivity index is 2.38. The molecule has 1 aromatic carbocycles. The first-order valence-corrected chi connectivity index (χ1v) is 5.10. The number of anilines is 1. The second-order valence-electron chi connectivity index (χ2n) is 3.67. The van der Waals surface area contributed by atoms with E-state index < -0.39 is 22.2 Å². The highest BCUT2D eigenvalue weighted by atomic mass is 19.1. The van der Waals surface area contributed by atoms with Gasteiger partial charge in [-0.25, -0.2) is 9.49 Å². The van der Waals surface area contributed by atoms with Gasteiger partial charge in [-0.05, 0) is 12.5 Å². The first kappa shape index (κ1) is 12.6. The number of amides is 1. The number of halogens is 1. The summed E-state index contributed by atoms with van der Waals surface area (Å²) in [6.45, 7) is 1.34. The molecule has 0 spiro atoms. The molecule has 0 radical (unpaired) electrons. The number of aryl methyl sites for hydroxylation is 1. The van der Waals surface area contributed by atoms with E-state index in [-0.39, 0.29) is 17.2 Å². The van der Waals surface area contributed by atoms with Gasteiger partial charge < -0.3 is 0 Å². The lowest BCUT2D eigenvalue weighted by Gasteiger charge is -2.05. The minimum absolute atomic E-state index is 0.0110. The molecule has 1 heterocycles. The minimum Gasteiger partial charge on any atom is -0.291 e. The number of carbonyl (C=O) groups is 1. The molecule has 0 aliphatic rings. The van der Waals surface area contributed by atoms with Crippen LogP contribution in [0, 0.1) is 22.9 Å². The van der Waals surface area contributed by atoms with Gasteiger partial charge in [0.15, 0.2) is 0 Å². The summed E-state index contributed by atoms with van der Waals surface area (Å²) in [5.74, 6) is -1.64. The second kappa shape index (κ2) is 4.80. The number of nitrogens with zero attached hydrogens (tertiary/aromatic N) is 3. The van der Waals surface area contributed by atoms with Gasteiger partial charge in [0.2, 0.25) is 5.95 Å². The fraction of sp³-hybridized carbons (Fsp3) is 0.100. The van der Waals surface area contributed by atoms with E-state index in [1.165, 1.54) is 6.92 Å². The standard InChI is InChI=1S/C10H8FN5O3/c1-5-2-6(16(18)19)3-7(8(5)11)9(17)14-10-12-4-13-15-10/h2-4H,1H3,(H2,12,13,14,15,17). The van der Waals surface area contributed by atoms with Crippen LogP contribution in [0.4, 0.5) is 16.0 Å². The van der Waals surface area contributed by atoms with Gasteiger partial charge in [0.1, 0.15) is 12.1 Å². The van der Waals surface area contributed by atoms with Crippen molar-refractivity contribution in [1.29, 1.82) is 0 Å². The van der Waals surface area contributed by atoms with Crippen LogP contribution in [0.1, 0.15) is 15.9 Å². The summed E-state index contributed by atoms with van der Waals surface area (Å²) in [7, 11) is 0. The number of aromatic nitrogens is 3. The Labute approximate surface area is 105 Å². The molecule has 1 amide bonds. The van der Waals surface area contributed by atoms with Crippen LogP contribution in [0.3, 0.4) is 0 Å². The Bertz CT molecular complexity index is 641. The summed E-state index contributed by atoms with van der Waals surface area (Å²) in [5, 5.41) is 18.8. The Kier molecular flexibility index (Phi) is 3.19. The van der Waals surface area contributed by atoms with Crippen LogP contribution < -0.4 is 5.32 Å². The van der Waals surface area contributed by atoms with Crippen LogP contribution in [-0.4, -0.2) is 26.0 Å². The third-order valence-corrected chi connectivity index (χ3v) is 2.34. The zero-order valence-electron chi connectivity index (χ0n) is 9.68. The largest absolute Gasteiger partial charge is 0.291 e. The van der Waals surface area contributed by atoms with E-state index in [9.17, 15) is 19.3 Å². The van der Waals surface area contributed by atoms with E-state index in [4.69, 9.17) is 0 Å². The number of nitro benzene ring substituents is 1. The SMILES string of the molecule is Cc1cc([N+](=O)[O-])cc(C(=O)Nc2ncn[nH]2)c1F. The predicted octanol–water partition coefficient (Wildman–Crippen LogP) is 1.41. The maximum absolute atomic E-state index is 13.8. The number of carbonyl (C=O) groups excluding carboxylic acids is 1. The average molecular weight is 265 g/mol. The van der Waals surface area contributed by atoms with Crippen molar-refractivity contribution in [2.24, 2.45) is 0 Å². The van der Waals surface area contributed by atoms with Gasteiger partial charge in [0.05, 0.1) is 10.5 Å². The molecule has 0 unspecified atom stereocenters. The molecule has 2 rings (SSSR count). The molecule has 0 bridgehead atoms. The van der Waals surface area contributed by atoms with Gasteiger partial charge >= 0.3 is 0 Å². The fourth-order valence-corrected chi connectivity index (χ4v) is 1.46. The Morgan fingerprint density at radius 2 is 2.26 bits per heavy atom. The van der Waals surface area contributed by atoms with E-state index in [0.29, 0.717) is 0 Å². The quantitative estimate of drug-likeness (QED) is 0.643. The number of aromatic amines is 1.